The van der Waals surface area contributed by atoms with Crippen LogP contribution in [0.4, 0.5) is 10.5 Å². The summed E-state index contributed by atoms with van der Waals surface area (Å²) in [6.45, 7) is 2.29. The third-order valence-electron chi connectivity index (χ3n) is 7.24. The van der Waals surface area contributed by atoms with E-state index in [4.69, 9.17) is 23.2 Å². The molecule has 1 aliphatic carbocycles. The summed E-state index contributed by atoms with van der Waals surface area (Å²) in [7, 11) is 4.27. The molecule has 2 N–H and O–H groups in total. The van der Waals surface area contributed by atoms with Crippen molar-refractivity contribution >= 4 is 45.8 Å². The standard InChI is InChI=1S/C27H30Cl2N4O2/c1-32(2)14-16-3-5-17(6-4-16)15-33-25-20(13-31-27(33)35)12-30-24-8-7-18(9-21(24)25)19-10-22(28)26(34)23(29)11-19/h7-12,16-17,34H,3-6,13-15H2,1-2H3,(H,31,35). The summed E-state index contributed by atoms with van der Waals surface area (Å²) in [5.74, 6) is 1.09. The predicted octanol–water partition coefficient (Wildman–Crippen LogP) is 6.31. The molecule has 35 heavy (non-hydrogen) atoms. The Morgan fingerprint density at radius 2 is 1.74 bits per heavy atom. The van der Waals surface area contributed by atoms with Crippen molar-refractivity contribution in [2.24, 2.45) is 11.8 Å². The molecule has 1 aromatic heterocycles. The Morgan fingerprint density at radius 3 is 2.43 bits per heavy atom. The number of hydrogen-bond donors (Lipinski definition) is 2. The summed E-state index contributed by atoms with van der Waals surface area (Å²) in [5.41, 5.74) is 4.47. The number of fused-ring (bicyclic) bond motifs is 3. The van der Waals surface area contributed by atoms with Gasteiger partial charge < -0.3 is 15.3 Å². The molecule has 2 heterocycles. The van der Waals surface area contributed by atoms with Crippen LogP contribution in [0.15, 0.2) is 36.5 Å². The van der Waals surface area contributed by atoms with Gasteiger partial charge in [0, 0.05) is 36.8 Å². The number of hydrogen-bond acceptors (Lipinski definition) is 4. The fourth-order valence-electron chi connectivity index (χ4n) is 5.49. The molecule has 0 atom stereocenters. The molecule has 1 aliphatic heterocycles. The number of rotatable bonds is 5. The van der Waals surface area contributed by atoms with Gasteiger partial charge in [-0.2, -0.15) is 0 Å². The monoisotopic (exact) mass is 512 g/mol. The van der Waals surface area contributed by atoms with Crippen molar-refractivity contribution in [1.29, 1.82) is 0 Å². The summed E-state index contributed by atoms with van der Waals surface area (Å²) < 4.78 is 0. The Morgan fingerprint density at radius 1 is 1.06 bits per heavy atom. The van der Waals surface area contributed by atoms with E-state index in [0.717, 1.165) is 58.6 Å². The number of carbonyl (C=O) groups is 1. The fourth-order valence-corrected chi connectivity index (χ4v) is 5.98. The molecule has 6 nitrogen and oxygen atoms in total. The minimum Gasteiger partial charge on any atom is -0.505 e. The fraction of sp³-hybridized carbons (Fsp3) is 0.407. The van der Waals surface area contributed by atoms with Crippen molar-refractivity contribution in [3.05, 3.63) is 52.1 Å². The summed E-state index contributed by atoms with van der Waals surface area (Å²) in [5, 5.41) is 14.3. The molecule has 0 spiro atoms. The van der Waals surface area contributed by atoms with Gasteiger partial charge in [0.25, 0.3) is 0 Å². The number of amides is 2. The normalized spacial score (nSPS) is 20.3. The van der Waals surface area contributed by atoms with Gasteiger partial charge >= 0.3 is 6.03 Å². The number of carbonyl (C=O) groups excluding carboxylic acids is 1. The number of aromatic hydroxyl groups is 1. The van der Waals surface area contributed by atoms with Gasteiger partial charge in [0.05, 0.1) is 21.2 Å². The third kappa shape index (κ3) is 4.92. The van der Waals surface area contributed by atoms with E-state index in [0.29, 0.717) is 19.0 Å². The van der Waals surface area contributed by atoms with Crippen LogP contribution in [0.5, 0.6) is 5.75 Å². The van der Waals surface area contributed by atoms with Gasteiger partial charge in [-0.25, -0.2) is 4.79 Å². The molecule has 3 aromatic rings. The number of halogens is 2. The first-order chi connectivity index (χ1) is 16.8. The minimum atomic E-state index is -0.125. The van der Waals surface area contributed by atoms with Crippen molar-refractivity contribution in [3.8, 4) is 16.9 Å². The van der Waals surface area contributed by atoms with Crippen LogP contribution in [-0.2, 0) is 6.54 Å². The van der Waals surface area contributed by atoms with E-state index >= 15 is 0 Å². The topological polar surface area (TPSA) is 68.7 Å². The molecule has 2 aliphatic rings. The van der Waals surface area contributed by atoms with E-state index < -0.39 is 0 Å². The Hall–Kier alpha value is -2.54. The second-order valence-electron chi connectivity index (χ2n) is 10.1. The van der Waals surface area contributed by atoms with Crippen LogP contribution >= 0.6 is 23.2 Å². The second kappa shape index (κ2) is 9.84. The largest absolute Gasteiger partial charge is 0.505 e. The molecule has 2 aromatic carbocycles. The second-order valence-corrected chi connectivity index (χ2v) is 10.9. The average Bonchev–Trinajstić information content (AvgIpc) is 2.84. The molecule has 0 unspecified atom stereocenters. The van der Waals surface area contributed by atoms with Gasteiger partial charge in [-0.1, -0.05) is 29.3 Å². The van der Waals surface area contributed by atoms with Gasteiger partial charge in [0.2, 0.25) is 0 Å². The number of anilines is 1. The highest BCUT2D eigenvalue weighted by Crippen LogP contribution is 2.40. The van der Waals surface area contributed by atoms with Crippen LogP contribution < -0.4 is 10.2 Å². The van der Waals surface area contributed by atoms with Crippen LogP contribution in [0.25, 0.3) is 22.0 Å². The van der Waals surface area contributed by atoms with Crippen LogP contribution in [0.2, 0.25) is 10.0 Å². The Kier molecular flexibility index (Phi) is 6.80. The minimum absolute atomic E-state index is 0.0541. The van der Waals surface area contributed by atoms with Crippen molar-refractivity contribution in [2.45, 2.75) is 32.2 Å². The predicted molar refractivity (Wildman–Crippen MR) is 142 cm³/mol. The quantitative estimate of drug-likeness (QED) is 0.420. The zero-order chi connectivity index (χ0) is 24.7. The smallest absolute Gasteiger partial charge is 0.322 e. The number of phenolic OH excluding ortho intramolecular Hbond substituents is 1. The SMILES string of the molecule is CN(C)CC1CCC(CN2C(=O)NCc3cnc4ccc(-c5cc(Cl)c(O)c(Cl)c5)cc4c32)CC1. The Balaban J connectivity index is 1.49. The number of aromatic nitrogens is 1. The lowest BCUT2D eigenvalue weighted by atomic mass is 9.81. The number of benzene rings is 2. The van der Waals surface area contributed by atoms with Crippen LogP contribution in [-0.4, -0.2) is 48.2 Å². The van der Waals surface area contributed by atoms with Crippen molar-refractivity contribution in [2.75, 3.05) is 32.1 Å². The number of urea groups is 1. The van der Waals surface area contributed by atoms with Crippen molar-refractivity contribution in [3.63, 3.8) is 0 Å². The first-order valence-corrected chi connectivity index (χ1v) is 12.9. The summed E-state index contributed by atoms with van der Waals surface area (Å²) >= 11 is 12.4. The average molecular weight is 513 g/mol. The van der Waals surface area contributed by atoms with Crippen molar-refractivity contribution in [1.82, 2.24) is 15.2 Å². The first kappa shape index (κ1) is 24.2. The van der Waals surface area contributed by atoms with Crippen molar-refractivity contribution < 1.29 is 9.90 Å². The van der Waals surface area contributed by atoms with E-state index in [-0.39, 0.29) is 21.8 Å². The molecule has 184 valence electrons. The number of nitrogens with one attached hydrogen (secondary N) is 1. The zero-order valence-corrected chi connectivity index (χ0v) is 21.5. The summed E-state index contributed by atoms with van der Waals surface area (Å²) in [4.78, 5) is 21.9. The van der Waals surface area contributed by atoms with Crippen LogP contribution in [0, 0.1) is 11.8 Å². The summed E-state index contributed by atoms with van der Waals surface area (Å²) in [6.07, 6.45) is 6.54. The molecule has 5 rings (SSSR count). The third-order valence-corrected chi connectivity index (χ3v) is 7.82. The molecule has 1 saturated carbocycles. The lowest BCUT2D eigenvalue weighted by Gasteiger charge is -2.36. The number of pyridine rings is 1. The summed E-state index contributed by atoms with van der Waals surface area (Å²) in [6, 6.07) is 9.30. The molecule has 0 radical (unpaired) electrons. The van der Waals surface area contributed by atoms with Gasteiger partial charge in [0.1, 0.15) is 0 Å². The number of nitrogens with zero attached hydrogens (tertiary/aromatic N) is 3. The zero-order valence-electron chi connectivity index (χ0n) is 20.0. The van der Waals surface area contributed by atoms with E-state index in [1.54, 1.807) is 12.1 Å². The Labute approximate surface area is 215 Å². The van der Waals surface area contributed by atoms with Gasteiger partial charge in [-0.05, 0) is 87.0 Å². The van der Waals surface area contributed by atoms with Crippen LogP contribution in [0.1, 0.15) is 31.2 Å². The van der Waals surface area contributed by atoms with E-state index in [1.807, 2.05) is 29.3 Å². The molecule has 2 amide bonds. The maximum atomic E-state index is 13.1. The lowest BCUT2D eigenvalue weighted by molar-refractivity contribution is 0.219. The van der Waals surface area contributed by atoms with Gasteiger partial charge in [-0.15, -0.1) is 0 Å². The molecule has 1 fully saturated rings. The Bertz CT molecular complexity index is 1250. The molecule has 0 saturated heterocycles. The van der Waals surface area contributed by atoms with E-state index in [1.165, 1.54) is 12.8 Å². The van der Waals surface area contributed by atoms with E-state index in [2.05, 4.69) is 29.3 Å². The highest BCUT2D eigenvalue weighted by Gasteiger charge is 2.31. The van der Waals surface area contributed by atoms with Gasteiger partial charge in [0.15, 0.2) is 5.75 Å². The maximum absolute atomic E-state index is 13.1. The van der Waals surface area contributed by atoms with Gasteiger partial charge in [-0.3, -0.25) is 9.88 Å². The molecular formula is C27H30Cl2N4O2. The maximum Gasteiger partial charge on any atom is 0.322 e. The molecule has 0 bridgehead atoms. The first-order valence-electron chi connectivity index (χ1n) is 12.1. The highest BCUT2D eigenvalue weighted by atomic mass is 35.5. The molecular weight excluding hydrogens is 483 g/mol. The van der Waals surface area contributed by atoms with E-state index in [9.17, 15) is 9.90 Å². The number of phenols is 1. The van der Waals surface area contributed by atoms with Crippen LogP contribution in [0.3, 0.4) is 0 Å². The highest BCUT2D eigenvalue weighted by molar-refractivity contribution is 6.37. The lowest BCUT2D eigenvalue weighted by Crippen LogP contribution is -2.47. The molecule has 8 heteroatoms.